The molecule has 0 aliphatic heterocycles. The van der Waals surface area contributed by atoms with E-state index in [4.69, 9.17) is 4.74 Å². The van der Waals surface area contributed by atoms with Crippen LogP contribution in [0.1, 0.15) is 23.0 Å². The number of halogens is 1. The van der Waals surface area contributed by atoms with Crippen molar-refractivity contribution < 1.29 is 14.6 Å². The van der Waals surface area contributed by atoms with Crippen LogP contribution in [0.25, 0.3) is 22.0 Å². The quantitative estimate of drug-likeness (QED) is 0.675. The van der Waals surface area contributed by atoms with Gasteiger partial charge >= 0.3 is 5.97 Å². The summed E-state index contributed by atoms with van der Waals surface area (Å²) in [6.45, 7) is 2.68. The number of ether oxygens (including phenoxy) is 1. The summed E-state index contributed by atoms with van der Waals surface area (Å²) in [4.78, 5) is 18.6. The van der Waals surface area contributed by atoms with Gasteiger partial charge in [-0.3, -0.25) is 4.98 Å². The SMILES string of the molecule is CCOC(=O)c1c(CN(C)C)n(C)c2cc(-c3ccncc3)c(O)cc12.Cl. The van der Waals surface area contributed by atoms with E-state index >= 15 is 0 Å². The first-order chi connectivity index (χ1) is 12.4. The van der Waals surface area contributed by atoms with Gasteiger partial charge in [0.05, 0.1) is 12.2 Å². The minimum absolute atomic E-state index is 0. The lowest BCUT2D eigenvalue weighted by Gasteiger charge is -2.13. The number of nitrogens with zero attached hydrogens (tertiary/aromatic N) is 3. The molecule has 2 aromatic heterocycles. The van der Waals surface area contributed by atoms with E-state index in [0.717, 1.165) is 16.8 Å². The van der Waals surface area contributed by atoms with Gasteiger partial charge in [-0.05, 0) is 50.8 Å². The number of pyridine rings is 1. The summed E-state index contributed by atoms with van der Waals surface area (Å²) < 4.78 is 7.26. The van der Waals surface area contributed by atoms with Gasteiger partial charge in [0.2, 0.25) is 0 Å². The number of aromatic hydroxyl groups is 1. The molecular weight excluding hydrogens is 366 g/mol. The molecule has 7 heteroatoms. The highest BCUT2D eigenvalue weighted by atomic mass is 35.5. The second-order valence-corrected chi connectivity index (χ2v) is 6.46. The maximum atomic E-state index is 12.6. The number of phenols is 1. The number of benzene rings is 1. The van der Waals surface area contributed by atoms with Gasteiger partial charge in [-0.2, -0.15) is 0 Å². The third-order valence-corrected chi connectivity index (χ3v) is 4.38. The lowest BCUT2D eigenvalue weighted by atomic mass is 10.0. The van der Waals surface area contributed by atoms with Gasteiger partial charge in [-0.25, -0.2) is 4.79 Å². The van der Waals surface area contributed by atoms with E-state index in [1.165, 1.54) is 0 Å². The molecule has 0 radical (unpaired) electrons. The molecule has 0 unspecified atom stereocenters. The zero-order valence-electron chi connectivity index (χ0n) is 15.9. The molecule has 0 fully saturated rings. The highest BCUT2D eigenvalue weighted by Gasteiger charge is 2.24. The number of carbonyl (C=O) groups is 1. The Morgan fingerprint density at radius 1 is 1.26 bits per heavy atom. The molecule has 1 N–H and O–H groups in total. The second kappa shape index (κ2) is 8.41. The molecule has 0 aliphatic rings. The molecule has 27 heavy (non-hydrogen) atoms. The molecule has 3 rings (SSSR count). The first-order valence-corrected chi connectivity index (χ1v) is 8.50. The monoisotopic (exact) mass is 389 g/mol. The Bertz CT molecular complexity index is 952. The number of rotatable bonds is 5. The van der Waals surface area contributed by atoms with Crippen molar-refractivity contribution in [2.24, 2.45) is 7.05 Å². The molecule has 3 aromatic rings. The smallest absolute Gasteiger partial charge is 0.340 e. The predicted molar refractivity (Wildman–Crippen MR) is 108 cm³/mol. The number of aryl methyl sites for hydroxylation is 1. The third kappa shape index (κ3) is 3.91. The van der Waals surface area contributed by atoms with Crippen LogP contribution in [0.15, 0.2) is 36.7 Å². The number of hydrogen-bond acceptors (Lipinski definition) is 5. The summed E-state index contributed by atoms with van der Waals surface area (Å²) in [5, 5.41) is 11.3. The fourth-order valence-electron chi connectivity index (χ4n) is 3.20. The van der Waals surface area contributed by atoms with Crippen LogP contribution in [-0.4, -0.2) is 46.2 Å². The molecule has 0 amide bonds. The highest BCUT2D eigenvalue weighted by molar-refractivity contribution is 6.07. The molecule has 1 aromatic carbocycles. The van der Waals surface area contributed by atoms with E-state index in [-0.39, 0.29) is 24.1 Å². The van der Waals surface area contributed by atoms with Crippen molar-refractivity contribution in [1.82, 2.24) is 14.5 Å². The van der Waals surface area contributed by atoms with Crippen LogP contribution in [0.3, 0.4) is 0 Å². The standard InChI is InChI=1S/C20H23N3O3.ClH/c1-5-26-20(25)19-15-11-18(24)14(13-6-8-21-9-7-13)10-16(15)23(4)17(19)12-22(2)3;/h6-11,24H,5,12H2,1-4H3;1H. The Morgan fingerprint density at radius 3 is 2.52 bits per heavy atom. The summed E-state index contributed by atoms with van der Waals surface area (Å²) in [5.41, 5.74) is 3.80. The molecule has 2 heterocycles. The van der Waals surface area contributed by atoms with Crippen molar-refractivity contribution in [2.75, 3.05) is 20.7 Å². The topological polar surface area (TPSA) is 67.6 Å². The fraction of sp³-hybridized carbons (Fsp3) is 0.300. The van der Waals surface area contributed by atoms with Gasteiger partial charge in [0.25, 0.3) is 0 Å². The first kappa shape index (κ1) is 20.7. The minimum Gasteiger partial charge on any atom is -0.507 e. The zero-order chi connectivity index (χ0) is 18.8. The Labute approximate surface area is 164 Å². The van der Waals surface area contributed by atoms with Crippen molar-refractivity contribution in [3.8, 4) is 16.9 Å². The molecular formula is C20H24ClN3O3. The maximum Gasteiger partial charge on any atom is 0.340 e. The van der Waals surface area contributed by atoms with Gasteiger partial charge in [-0.1, -0.05) is 0 Å². The van der Waals surface area contributed by atoms with Crippen molar-refractivity contribution >= 4 is 29.3 Å². The van der Waals surface area contributed by atoms with E-state index in [2.05, 4.69) is 4.98 Å². The number of phenolic OH excluding ortho intramolecular Hbond substituents is 1. The maximum absolute atomic E-state index is 12.6. The predicted octanol–water partition coefficient (Wildman–Crippen LogP) is 3.61. The zero-order valence-corrected chi connectivity index (χ0v) is 16.7. The van der Waals surface area contributed by atoms with E-state index in [1.54, 1.807) is 25.4 Å². The van der Waals surface area contributed by atoms with E-state index in [9.17, 15) is 9.90 Å². The van der Waals surface area contributed by atoms with Gasteiger partial charge in [0, 0.05) is 48.1 Å². The molecule has 0 saturated heterocycles. The van der Waals surface area contributed by atoms with Gasteiger partial charge in [0.15, 0.2) is 0 Å². The average Bonchev–Trinajstić information content (AvgIpc) is 2.86. The fourth-order valence-corrected chi connectivity index (χ4v) is 3.20. The molecule has 0 spiro atoms. The summed E-state index contributed by atoms with van der Waals surface area (Å²) in [6.07, 6.45) is 3.37. The Balaban J connectivity index is 0.00000261. The Kier molecular flexibility index (Phi) is 6.46. The lowest BCUT2D eigenvalue weighted by molar-refractivity contribution is 0.0526. The van der Waals surface area contributed by atoms with E-state index in [1.807, 2.05) is 48.8 Å². The number of fused-ring (bicyclic) bond motifs is 1. The molecule has 144 valence electrons. The number of esters is 1. The first-order valence-electron chi connectivity index (χ1n) is 8.50. The molecule has 0 bridgehead atoms. The summed E-state index contributed by atoms with van der Waals surface area (Å²) in [5.74, 6) is -0.248. The van der Waals surface area contributed by atoms with Crippen LogP contribution in [0, 0.1) is 0 Å². The average molecular weight is 390 g/mol. The second-order valence-electron chi connectivity index (χ2n) is 6.46. The summed E-state index contributed by atoms with van der Waals surface area (Å²) in [7, 11) is 5.83. The molecule has 0 atom stereocenters. The lowest BCUT2D eigenvalue weighted by Crippen LogP contribution is -2.17. The number of hydrogen-bond donors (Lipinski definition) is 1. The van der Waals surface area contributed by atoms with Crippen LogP contribution in [0.5, 0.6) is 5.75 Å². The minimum atomic E-state index is -0.369. The third-order valence-electron chi connectivity index (χ3n) is 4.38. The van der Waals surface area contributed by atoms with E-state index < -0.39 is 0 Å². The largest absolute Gasteiger partial charge is 0.507 e. The van der Waals surface area contributed by atoms with Gasteiger partial charge < -0.3 is 19.3 Å². The molecule has 6 nitrogen and oxygen atoms in total. The molecule has 0 aliphatic carbocycles. The van der Waals surface area contributed by atoms with Crippen molar-refractivity contribution in [3.05, 3.63) is 47.9 Å². The van der Waals surface area contributed by atoms with Crippen molar-refractivity contribution in [2.45, 2.75) is 13.5 Å². The normalized spacial score (nSPS) is 10.9. The molecule has 0 saturated carbocycles. The van der Waals surface area contributed by atoms with Crippen LogP contribution >= 0.6 is 12.4 Å². The van der Waals surface area contributed by atoms with Gasteiger partial charge in [-0.15, -0.1) is 12.4 Å². The van der Waals surface area contributed by atoms with Gasteiger partial charge in [0.1, 0.15) is 5.75 Å². The Morgan fingerprint density at radius 2 is 1.93 bits per heavy atom. The van der Waals surface area contributed by atoms with Crippen LogP contribution in [-0.2, 0) is 18.3 Å². The van der Waals surface area contributed by atoms with Crippen LogP contribution < -0.4 is 0 Å². The highest BCUT2D eigenvalue weighted by Crippen LogP contribution is 2.37. The number of aromatic nitrogens is 2. The summed E-state index contributed by atoms with van der Waals surface area (Å²) in [6, 6.07) is 7.24. The van der Waals surface area contributed by atoms with Crippen molar-refractivity contribution in [3.63, 3.8) is 0 Å². The Hall–Kier alpha value is -2.57. The van der Waals surface area contributed by atoms with Crippen LogP contribution in [0.2, 0.25) is 0 Å². The van der Waals surface area contributed by atoms with Crippen molar-refractivity contribution in [1.29, 1.82) is 0 Å². The van der Waals surface area contributed by atoms with Crippen LogP contribution in [0.4, 0.5) is 0 Å². The number of carbonyl (C=O) groups excluding carboxylic acids is 1. The summed E-state index contributed by atoms with van der Waals surface area (Å²) >= 11 is 0. The van der Waals surface area contributed by atoms with E-state index in [0.29, 0.717) is 29.7 Å².